The van der Waals surface area contributed by atoms with Crippen molar-refractivity contribution >= 4 is 23.4 Å². The Labute approximate surface area is 156 Å². The van der Waals surface area contributed by atoms with Crippen LogP contribution in [-0.2, 0) is 22.6 Å². The Balaban J connectivity index is 1.57. The van der Waals surface area contributed by atoms with E-state index < -0.39 is 0 Å². The molecule has 1 amide bonds. The second-order valence-electron chi connectivity index (χ2n) is 5.89. The van der Waals surface area contributed by atoms with Crippen molar-refractivity contribution in [3.63, 3.8) is 0 Å². The molecular weight excluding hydrogens is 354 g/mol. The van der Waals surface area contributed by atoms with Gasteiger partial charge < -0.3 is 19.7 Å². The molecule has 0 saturated carbocycles. The lowest BCUT2D eigenvalue weighted by atomic mass is 10.3. The lowest BCUT2D eigenvalue weighted by Crippen LogP contribution is -2.36. The van der Waals surface area contributed by atoms with Crippen molar-refractivity contribution in [2.45, 2.75) is 25.2 Å². The van der Waals surface area contributed by atoms with Crippen LogP contribution < -0.4 is 5.32 Å². The third-order valence-electron chi connectivity index (χ3n) is 4.09. The van der Waals surface area contributed by atoms with Gasteiger partial charge in [0.25, 0.3) is 0 Å². The number of carbonyl (C=O) groups is 1. The summed E-state index contributed by atoms with van der Waals surface area (Å²) in [4.78, 5) is 14.4. The van der Waals surface area contributed by atoms with Gasteiger partial charge in [-0.05, 0) is 19.1 Å². The minimum absolute atomic E-state index is 0.0513. The third kappa shape index (κ3) is 4.75. The Morgan fingerprint density at radius 3 is 2.81 bits per heavy atom. The fourth-order valence-corrected chi connectivity index (χ4v) is 3.54. The zero-order valence-electron chi connectivity index (χ0n) is 14.7. The summed E-state index contributed by atoms with van der Waals surface area (Å²) in [5.41, 5.74) is 0.406. The molecule has 0 radical (unpaired) electrons. The van der Waals surface area contributed by atoms with Crippen LogP contribution in [0.5, 0.6) is 5.75 Å². The van der Waals surface area contributed by atoms with Crippen LogP contribution in [0.3, 0.4) is 0 Å². The predicted molar refractivity (Wildman–Crippen MR) is 99.3 cm³/mol. The minimum atomic E-state index is -0.197. The number of thioether (sulfide) groups is 1. The molecule has 2 N–H and O–H groups in total. The van der Waals surface area contributed by atoms with Gasteiger partial charge in [-0.15, -0.1) is 10.2 Å². The van der Waals surface area contributed by atoms with Gasteiger partial charge in [-0.2, -0.15) is 0 Å². The molecule has 2 aromatic rings. The van der Waals surface area contributed by atoms with Crippen molar-refractivity contribution in [1.82, 2.24) is 19.7 Å². The molecule has 26 heavy (non-hydrogen) atoms. The summed E-state index contributed by atoms with van der Waals surface area (Å²) in [6, 6.07) is 6.66. The first-order valence-electron chi connectivity index (χ1n) is 8.60. The van der Waals surface area contributed by atoms with Crippen molar-refractivity contribution in [3.05, 3.63) is 30.1 Å². The first kappa shape index (κ1) is 18.7. The van der Waals surface area contributed by atoms with E-state index in [4.69, 9.17) is 4.74 Å². The first-order valence-corrected chi connectivity index (χ1v) is 9.58. The zero-order chi connectivity index (χ0) is 18.4. The van der Waals surface area contributed by atoms with Crippen molar-refractivity contribution in [3.8, 4) is 5.75 Å². The van der Waals surface area contributed by atoms with E-state index in [9.17, 15) is 9.90 Å². The van der Waals surface area contributed by atoms with Gasteiger partial charge in [0, 0.05) is 19.6 Å². The van der Waals surface area contributed by atoms with E-state index in [1.807, 2.05) is 11.5 Å². The summed E-state index contributed by atoms with van der Waals surface area (Å²) in [5.74, 6) is 0.953. The van der Waals surface area contributed by atoms with Crippen LogP contribution in [0.4, 0.5) is 5.69 Å². The largest absolute Gasteiger partial charge is 0.506 e. The molecule has 0 unspecified atom stereocenters. The quantitative estimate of drug-likeness (QED) is 0.559. The van der Waals surface area contributed by atoms with E-state index in [0.717, 1.165) is 50.4 Å². The summed E-state index contributed by atoms with van der Waals surface area (Å²) < 4.78 is 7.41. The Morgan fingerprint density at radius 2 is 2.08 bits per heavy atom. The van der Waals surface area contributed by atoms with Crippen molar-refractivity contribution < 1.29 is 14.6 Å². The maximum atomic E-state index is 12.1. The van der Waals surface area contributed by atoms with Gasteiger partial charge >= 0.3 is 0 Å². The Morgan fingerprint density at radius 1 is 1.31 bits per heavy atom. The van der Waals surface area contributed by atoms with Gasteiger partial charge in [0.2, 0.25) is 5.91 Å². The lowest BCUT2D eigenvalue weighted by Gasteiger charge is -2.26. The average Bonchev–Trinajstić information content (AvgIpc) is 3.04. The number of anilines is 1. The molecule has 1 aromatic heterocycles. The number of morpholine rings is 1. The number of aromatic nitrogens is 3. The summed E-state index contributed by atoms with van der Waals surface area (Å²) in [5, 5.41) is 21.7. The van der Waals surface area contributed by atoms with Crippen LogP contribution in [0, 0.1) is 0 Å². The van der Waals surface area contributed by atoms with Gasteiger partial charge in [-0.25, -0.2) is 0 Å². The van der Waals surface area contributed by atoms with E-state index >= 15 is 0 Å². The molecule has 8 nitrogen and oxygen atoms in total. The van der Waals surface area contributed by atoms with Crippen molar-refractivity contribution in [2.24, 2.45) is 0 Å². The van der Waals surface area contributed by atoms with Crippen LogP contribution in [0.25, 0.3) is 0 Å². The number of nitrogens with one attached hydrogen (secondary N) is 1. The molecule has 0 atom stereocenters. The normalized spacial score (nSPS) is 15.1. The number of phenols is 1. The van der Waals surface area contributed by atoms with Crippen molar-refractivity contribution in [2.75, 3.05) is 37.4 Å². The van der Waals surface area contributed by atoms with Gasteiger partial charge in [-0.3, -0.25) is 9.69 Å². The maximum Gasteiger partial charge on any atom is 0.234 e. The van der Waals surface area contributed by atoms with Gasteiger partial charge in [0.1, 0.15) is 11.6 Å². The van der Waals surface area contributed by atoms with E-state index in [2.05, 4.69) is 20.4 Å². The molecular formula is C17H23N5O3S. The maximum absolute atomic E-state index is 12.1. The molecule has 140 valence electrons. The number of amides is 1. The number of benzene rings is 1. The van der Waals surface area contributed by atoms with E-state index in [-0.39, 0.29) is 17.4 Å². The molecule has 0 bridgehead atoms. The summed E-state index contributed by atoms with van der Waals surface area (Å²) in [6.07, 6.45) is 0. The van der Waals surface area contributed by atoms with Crippen LogP contribution in [0.2, 0.25) is 0 Å². The highest BCUT2D eigenvalue weighted by Crippen LogP contribution is 2.23. The summed E-state index contributed by atoms with van der Waals surface area (Å²) in [7, 11) is 0. The minimum Gasteiger partial charge on any atom is -0.506 e. The average molecular weight is 377 g/mol. The number of phenolic OH excluding ortho intramolecular Hbond substituents is 1. The van der Waals surface area contributed by atoms with E-state index in [1.165, 1.54) is 17.8 Å². The lowest BCUT2D eigenvalue weighted by molar-refractivity contribution is -0.113. The number of ether oxygens (including phenoxy) is 1. The van der Waals surface area contributed by atoms with Gasteiger partial charge in [0.05, 0.1) is 31.2 Å². The van der Waals surface area contributed by atoms with Crippen LogP contribution in [-0.4, -0.2) is 62.7 Å². The monoisotopic (exact) mass is 377 g/mol. The highest BCUT2D eigenvalue weighted by atomic mass is 32.2. The highest BCUT2D eigenvalue weighted by molar-refractivity contribution is 7.99. The summed E-state index contributed by atoms with van der Waals surface area (Å²) >= 11 is 1.34. The SMILES string of the molecule is CCn1c(CN2CCOCC2)nnc1SCC(=O)Nc1ccccc1O. The number of hydrogen-bond donors (Lipinski definition) is 2. The number of carbonyl (C=O) groups excluding carboxylic acids is 1. The predicted octanol–water partition coefficient (Wildman–Crippen LogP) is 1.57. The standard InChI is InChI=1S/C17H23N5O3S/c1-2-22-15(11-21-7-9-25-10-8-21)19-20-17(22)26-12-16(24)18-13-5-3-4-6-14(13)23/h3-6,23H,2,7-12H2,1H3,(H,18,24). The second-order valence-corrected chi connectivity index (χ2v) is 6.83. The number of hydrogen-bond acceptors (Lipinski definition) is 7. The highest BCUT2D eigenvalue weighted by Gasteiger charge is 2.17. The molecule has 9 heteroatoms. The second kappa shape index (κ2) is 9.02. The topological polar surface area (TPSA) is 92.5 Å². The molecule has 3 rings (SSSR count). The fourth-order valence-electron chi connectivity index (χ4n) is 2.72. The Hall–Kier alpha value is -2.10. The smallest absolute Gasteiger partial charge is 0.234 e. The van der Waals surface area contributed by atoms with Crippen LogP contribution in [0.1, 0.15) is 12.7 Å². The fraction of sp³-hybridized carbons (Fsp3) is 0.471. The molecule has 0 aliphatic carbocycles. The van der Waals surface area contributed by atoms with Crippen LogP contribution >= 0.6 is 11.8 Å². The van der Waals surface area contributed by atoms with Gasteiger partial charge in [-0.1, -0.05) is 23.9 Å². The summed E-state index contributed by atoms with van der Waals surface area (Å²) in [6.45, 7) is 6.79. The third-order valence-corrected chi connectivity index (χ3v) is 5.06. The zero-order valence-corrected chi connectivity index (χ0v) is 15.5. The van der Waals surface area contributed by atoms with Crippen molar-refractivity contribution in [1.29, 1.82) is 0 Å². The number of nitrogens with zero attached hydrogens (tertiary/aromatic N) is 4. The van der Waals surface area contributed by atoms with Gasteiger partial charge in [0.15, 0.2) is 5.16 Å². The van der Waals surface area contributed by atoms with E-state index in [0.29, 0.717) is 5.69 Å². The molecule has 2 heterocycles. The molecule has 1 aliphatic rings. The van der Waals surface area contributed by atoms with E-state index in [1.54, 1.807) is 18.2 Å². The molecule has 1 aliphatic heterocycles. The Bertz CT molecular complexity index is 746. The van der Waals surface area contributed by atoms with Crippen LogP contribution in [0.15, 0.2) is 29.4 Å². The Kier molecular flexibility index (Phi) is 6.48. The molecule has 1 fully saturated rings. The number of aromatic hydroxyl groups is 1. The first-order chi connectivity index (χ1) is 12.7. The molecule has 1 aromatic carbocycles. The molecule has 1 saturated heterocycles. The number of rotatable bonds is 7. The molecule has 0 spiro atoms. The number of para-hydroxylation sites is 2.